The maximum atomic E-state index is 11.5. The molecule has 0 unspecified atom stereocenters. The number of hydrogen-bond donors (Lipinski definition) is 3. The Kier molecular flexibility index (Phi) is 4.65. The zero-order chi connectivity index (χ0) is 19.7. The fraction of sp³-hybridized carbons (Fsp3) is 0.174. The Morgan fingerprint density at radius 2 is 2.00 bits per heavy atom. The van der Waals surface area contributed by atoms with Gasteiger partial charge in [-0.15, -0.1) is 0 Å². The molecular formula is C23H22N4O. The van der Waals surface area contributed by atoms with Gasteiger partial charge in [0.05, 0.1) is 17.6 Å². The van der Waals surface area contributed by atoms with Crippen LogP contribution >= 0.6 is 0 Å². The van der Waals surface area contributed by atoms with Crippen LogP contribution in [0.15, 0.2) is 54.7 Å². The van der Waals surface area contributed by atoms with Crippen molar-refractivity contribution in [3.63, 3.8) is 0 Å². The van der Waals surface area contributed by atoms with E-state index >= 15 is 0 Å². The summed E-state index contributed by atoms with van der Waals surface area (Å²) >= 11 is 0. The van der Waals surface area contributed by atoms with Crippen LogP contribution in [0.2, 0.25) is 0 Å². The van der Waals surface area contributed by atoms with Gasteiger partial charge < -0.3 is 16.5 Å². The Balaban J connectivity index is 1.87. The lowest BCUT2D eigenvalue weighted by atomic mass is 9.95. The summed E-state index contributed by atoms with van der Waals surface area (Å²) in [6.45, 7) is 1.48. The summed E-state index contributed by atoms with van der Waals surface area (Å²) in [6, 6.07) is 16.0. The molecule has 0 spiro atoms. The van der Waals surface area contributed by atoms with Gasteiger partial charge in [-0.2, -0.15) is 0 Å². The minimum atomic E-state index is -0.145. The third-order valence-electron chi connectivity index (χ3n) is 4.97. The number of pyridine rings is 1. The highest BCUT2D eigenvalue weighted by Gasteiger charge is 2.24. The second-order valence-electron chi connectivity index (χ2n) is 7.19. The second kappa shape index (κ2) is 7.27. The lowest BCUT2D eigenvalue weighted by Gasteiger charge is -2.14. The van der Waals surface area contributed by atoms with Gasteiger partial charge in [-0.1, -0.05) is 24.3 Å². The molecule has 1 aromatic heterocycles. The molecule has 4 N–H and O–H groups in total. The highest BCUT2D eigenvalue weighted by molar-refractivity contribution is 5.93. The zero-order valence-corrected chi connectivity index (χ0v) is 15.7. The smallest absolute Gasteiger partial charge is 0.221 e. The van der Waals surface area contributed by atoms with Crippen molar-refractivity contribution in [2.75, 3.05) is 11.1 Å². The van der Waals surface area contributed by atoms with Crippen molar-refractivity contribution in [2.24, 2.45) is 0 Å². The molecule has 0 atom stereocenters. The standard InChI is InChI=1S/C23H22N4O/c1-14(28)27-20-11-21(17-7-8-22(25)19(10-17)12-24)23(26-13-20)18-4-2-3-16(9-18)15-5-6-15/h2-4,7-13,15,24H,5-6,25H2,1H3,(H,27,28). The zero-order valence-electron chi connectivity index (χ0n) is 15.7. The van der Waals surface area contributed by atoms with E-state index in [1.807, 2.05) is 18.2 Å². The maximum absolute atomic E-state index is 11.5. The number of anilines is 2. The molecule has 0 radical (unpaired) electrons. The average molecular weight is 370 g/mol. The lowest BCUT2D eigenvalue weighted by Crippen LogP contribution is -2.06. The van der Waals surface area contributed by atoms with Crippen molar-refractivity contribution in [3.8, 4) is 22.4 Å². The van der Waals surface area contributed by atoms with Crippen LogP contribution in [0, 0.1) is 5.41 Å². The molecule has 1 fully saturated rings. The fourth-order valence-corrected chi connectivity index (χ4v) is 3.41. The van der Waals surface area contributed by atoms with E-state index in [4.69, 9.17) is 11.1 Å². The molecule has 2 aromatic carbocycles. The topological polar surface area (TPSA) is 91.9 Å². The Bertz CT molecular complexity index is 1070. The van der Waals surface area contributed by atoms with Crippen LogP contribution < -0.4 is 11.1 Å². The summed E-state index contributed by atoms with van der Waals surface area (Å²) in [5.41, 5.74) is 12.8. The number of nitrogens with two attached hydrogens (primary N) is 1. The second-order valence-corrected chi connectivity index (χ2v) is 7.19. The number of nitrogen functional groups attached to an aromatic ring is 1. The summed E-state index contributed by atoms with van der Waals surface area (Å²) in [7, 11) is 0. The summed E-state index contributed by atoms with van der Waals surface area (Å²) < 4.78 is 0. The van der Waals surface area contributed by atoms with Crippen molar-refractivity contribution in [1.29, 1.82) is 5.41 Å². The monoisotopic (exact) mass is 370 g/mol. The molecule has 5 nitrogen and oxygen atoms in total. The number of nitrogens with one attached hydrogen (secondary N) is 2. The van der Waals surface area contributed by atoms with E-state index in [1.54, 1.807) is 12.3 Å². The minimum absolute atomic E-state index is 0.145. The molecule has 0 bridgehead atoms. The van der Waals surface area contributed by atoms with Crippen molar-refractivity contribution in [3.05, 3.63) is 65.9 Å². The predicted octanol–water partition coefficient (Wildman–Crippen LogP) is 4.83. The van der Waals surface area contributed by atoms with E-state index in [-0.39, 0.29) is 5.91 Å². The molecule has 28 heavy (non-hydrogen) atoms. The third kappa shape index (κ3) is 3.64. The van der Waals surface area contributed by atoms with E-state index in [1.165, 1.54) is 31.5 Å². The lowest BCUT2D eigenvalue weighted by molar-refractivity contribution is -0.114. The number of amides is 1. The number of benzene rings is 2. The van der Waals surface area contributed by atoms with Gasteiger partial charge in [-0.25, -0.2) is 0 Å². The number of hydrogen-bond acceptors (Lipinski definition) is 4. The van der Waals surface area contributed by atoms with E-state index in [0.717, 1.165) is 22.4 Å². The molecule has 1 amide bonds. The Labute approximate surface area is 164 Å². The number of carbonyl (C=O) groups is 1. The Hall–Kier alpha value is -3.47. The minimum Gasteiger partial charge on any atom is -0.398 e. The van der Waals surface area contributed by atoms with Crippen LogP contribution in [0.25, 0.3) is 22.4 Å². The normalized spacial score (nSPS) is 13.2. The summed E-state index contributed by atoms with van der Waals surface area (Å²) in [5, 5.41) is 10.4. The van der Waals surface area contributed by atoms with E-state index in [9.17, 15) is 4.79 Å². The first-order valence-electron chi connectivity index (χ1n) is 9.33. The number of nitrogens with zero attached hydrogens (tertiary/aromatic N) is 1. The van der Waals surface area contributed by atoms with E-state index in [2.05, 4.69) is 34.6 Å². The van der Waals surface area contributed by atoms with Gasteiger partial charge in [0.25, 0.3) is 0 Å². The number of carbonyl (C=O) groups excluding carboxylic acids is 1. The molecule has 0 saturated heterocycles. The van der Waals surface area contributed by atoms with Gasteiger partial charge >= 0.3 is 0 Å². The van der Waals surface area contributed by atoms with Gasteiger partial charge in [0, 0.05) is 35.5 Å². The Morgan fingerprint density at radius 3 is 2.71 bits per heavy atom. The molecule has 1 heterocycles. The van der Waals surface area contributed by atoms with Gasteiger partial charge in [0.2, 0.25) is 5.91 Å². The van der Waals surface area contributed by atoms with Crippen molar-refractivity contribution < 1.29 is 4.79 Å². The molecule has 5 heteroatoms. The van der Waals surface area contributed by atoms with E-state index in [0.29, 0.717) is 22.9 Å². The van der Waals surface area contributed by atoms with Crippen molar-refractivity contribution >= 4 is 23.5 Å². The molecule has 4 rings (SSSR count). The van der Waals surface area contributed by atoms with Crippen LogP contribution in [-0.2, 0) is 4.79 Å². The molecule has 140 valence electrons. The SMILES string of the molecule is CC(=O)Nc1cnc(-c2cccc(C3CC3)c2)c(-c2ccc(N)c(C=N)c2)c1. The van der Waals surface area contributed by atoms with Crippen LogP contribution in [0.3, 0.4) is 0 Å². The van der Waals surface area contributed by atoms with Crippen molar-refractivity contribution in [2.45, 2.75) is 25.7 Å². The third-order valence-corrected chi connectivity index (χ3v) is 4.97. The maximum Gasteiger partial charge on any atom is 0.221 e. The molecule has 1 aliphatic rings. The van der Waals surface area contributed by atoms with Gasteiger partial charge in [-0.3, -0.25) is 9.78 Å². The number of rotatable bonds is 5. The first-order valence-corrected chi connectivity index (χ1v) is 9.33. The van der Waals surface area contributed by atoms with Crippen LogP contribution in [0.1, 0.15) is 36.8 Å². The fourth-order valence-electron chi connectivity index (χ4n) is 3.41. The van der Waals surface area contributed by atoms with E-state index < -0.39 is 0 Å². The molecule has 0 aliphatic heterocycles. The molecular weight excluding hydrogens is 348 g/mol. The van der Waals surface area contributed by atoms with Crippen molar-refractivity contribution in [1.82, 2.24) is 4.98 Å². The Morgan fingerprint density at radius 1 is 1.18 bits per heavy atom. The first-order chi connectivity index (χ1) is 13.5. The van der Waals surface area contributed by atoms with Gasteiger partial charge in [0.15, 0.2) is 0 Å². The quantitative estimate of drug-likeness (QED) is 0.443. The predicted molar refractivity (Wildman–Crippen MR) is 114 cm³/mol. The highest BCUT2D eigenvalue weighted by atomic mass is 16.1. The average Bonchev–Trinajstić information content (AvgIpc) is 3.53. The molecule has 3 aromatic rings. The highest BCUT2D eigenvalue weighted by Crippen LogP contribution is 2.42. The van der Waals surface area contributed by atoms with Crippen LogP contribution in [0.4, 0.5) is 11.4 Å². The van der Waals surface area contributed by atoms with Crippen LogP contribution in [0.5, 0.6) is 0 Å². The summed E-state index contributed by atoms with van der Waals surface area (Å²) in [4.78, 5) is 16.2. The summed E-state index contributed by atoms with van der Waals surface area (Å²) in [6.07, 6.45) is 5.41. The molecule has 1 saturated carbocycles. The summed E-state index contributed by atoms with van der Waals surface area (Å²) in [5.74, 6) is 0.511. The van der Waals surface area contributed by atoms with Gasteiger partial charge in [0.1, 0.15) is 0 Å². The van der Waals surface area contributed by atoms with Gasteiger partial charge in [-0.05, 0) is 54.2 Å². The largest absolute Gasteiger partial charge is 0.398 e. The first kappa shape index (κ1) is 17.9. The molecule has 1 aliphatic carbocycles. The number of aromatic nitrogens is 1. The van der Waals surface area contributed by atoms with Crippen LogP contribution in [-0.4, -0.2) is 17.1 Å².